The molecule has 0 aromatic heterocycles. The Kier molecular flexibility index (Phi) is 3.87. The number of hydrogen-bond donors (Lipinski definition) is 2. The minimum atomic E-state index is -0.504. The summed E-state index contributed by atoms with van der Waals surface area (Å²) >= 11 is 0. The van der Waals surface area contributed by atoms with Crippen LogP contribution in [0.4, 0.5) is 5.69 Å². The number of amides is 1. The second-order valence-corrected chi connectivity index (χ2v) is 5.45. The summed E-state index contributed by atoms with van der Waals surface area (Å²) < 4.78 is 0. The Balaban J connectivity index is 2.03. The van der Waals surface area contributed by atoms with Crippen molar-refractivity contribution in [3.05, 3.63) is 29.8 Å². The zero-order valence-corrected chi connectivity index (χ0v) is 11.4. The van der Waals surface area contributed by atoms with Crippen LogP contribution in [0.3, 0.4) is 0 Å². The lowest BCUT2D eigenvalue weighted by Crippen LogP contribution is -2.35. The fraction of sp³-hybridized carbons (Fsp3) is 0.467. The zero-order valence-electron chi connectivity index (χ0n) is 11.4. The summed E-state index contributed by atoms with van der Waals surface area (Å²) in [5.74, 6) is 0.0183. The molecule has 1 aromatic carbocycles. The molecule has 4 heteroatoms. The van der Waals surface area contributed by atoms with E-state index in [-0.39, 0.29) is 11.9 Å². The van der Waals surface area contributed by atoms with Crippen molar-refractivity contribution in [1.29, 1.82) is 5.26 Å². The summed E-state index contributed by atoms with van der Waals surface area (Å²) in [4.78, 5) is 11.9. The van der Waals surface area contributed by atoms with Crippen molar-refractivity contribution in [3.8, 4) is 6.07 Å². The number of nitriles is 1. The number of benzene rings is 1. The molecule has 1 saturated heterocycles. The molecule has 0 aliphatic carbocycles. The van der Waals surface area contributed by atoms with Crippen molar-refractivity contribution < 1.29 is 4.79 Å². The third kappa shape index (κ3) is 3.12. The summed E-state index contributed by atoms with van der Waals surface area (Å²) in [7, 11) is 0. The highest BCUT2D eigenvalue weighted by Crippen LogP contribution is 2.23. The highest BCUT2D eigenvalue weighted by Gasteiger charge is 2.22. The maximum atomic E-state index is 11.9. The fourth-order valence-corrected chi connectivity index (χ4v) is 2.17. The van der Waals surface area contributed by atoms with Crippen LogP contribution in [0.25, 0.3) is 0 Å². The van der Waals surface area contributed by atoms with E-state index >= 15 is 0 Å². The van der Waals surface area contributed by atoms with Crippen molar-refractivity contribution in [1.82, 2.24) is 5.32 Å². The summed E-state index contributed by atoms with van der Waals surface area (Å²) in [6.45, 7) is 4.67. The molecule has 0 spiro atoms. The number of carbonyl (C=O) groups is 1. The van der Waals surface area contributed by atoms with Gasteiger partial charge in [-0.15, -0.1) is 0 Å². The molecule has 1 fully saturated rings. The molecule has 1 atom stereocenters. The third-order valence-corrected chi connectivity index (χ3v) is 3.53. The minimum Gasteiger partial charge on any atom is -0.325 e. The Morgan fingerprint density at radius 3 is 2.63 bits per heavy atom. The highest BCUT2D eigenvalue weighted by atomic mass is 16.2. The number of anilines is 1. The molecule has 0 bridgehead atoms. The molecule has 2 rings (SSSR count). The van der Waals surface area contributed by atoms with Crippen LogP contribution in [-0.2, 0) is 10.2 Å². The van der Waals surface area contributed by atoms with Gasteiger partial charge in [0.2, 0.25) is 5.91 Å². The van der Waals surface area contributed by atoms with E-state index in [1.54, 1.807) is 0 Å². The summed E-state index contributed by atoms with van der Waals surface area (Å²) in [5, 5.41) is 15.1. The zero-order chi connectivity index (χ0) is 13.9. The second-order valence-electron chi connectivity index (χ2n) is 5.45. The third-order valence-electron chi connectivity index (χ3n) is 3.53. The van der Waals surface area contributed by atoms with Crippen LogP contribution in [0.15, 0.2) is 24.3 Å². The van der Waals surface area contributed by atoms with E-state index in [9.17, 15) is 4.79 Å². The lowest BCUT2D eigenvalue weighted by molar-refractivity contribution is -0.117. The van der Waals surface area contributed by atoms with Gasteiger partial charge in [-0.25, -0.2) is 0 Å². The maximum absolute atomic E-state index is 11.9. The van der Waals surface area contributed by atoms with E-state index < -0.39 is 5.41 Å². The van der Waals surface area contributed by atoms with E-state index in [1.165, 1.54) is 0 Å². The number of carbonyl (C=O) groups excluding carboxylic acids is 1. The molecule has 1 aliphatic heterocycles. The van der Waals surface area contributed by atoms with E-state index in [1.807, 2.05) is 38.1 Å². The van der Waals surface area contributed by atoms with Crippen molar-refractivity contribution in [2.45, 2.75) is 38.1 Å². The Morgan fingerprint density at radius 2 is 2.11 bits per heavy atom. The van der Waals surface area contributed by atoms with Crippen molar-refractivity contribution >= 4 is 11.6 Å². The van der Waals surface area contributed by atoms with Crippen LogP contribution in [-0.4, -0.2) is 18.5 Å². The van der Waals surface area contributed by atoms with Gasteiger partial charge in [-0.2, -0.15) is 5.26 Å². The Bertz CT molecular complexity index is 493. The van der Waals surface area contributed by atoms with Crippen LogP contribution >= 0.6 is 0 Å². The van der Waals surface area contributed by atoms with Crippen molar-refractivity contribution in [3.63, 3.8) is 0 Å². The van der Waals surface area contributed by atoms with Gasteiger partial charge in [-0.1, -0.05) is 12.1 Å². The summed E-state index contributed by atoms with van der Waals surface area (Å²) in [5.41, 5.74) is 1.22. The normalized spacial score (nSPS) is 18.9. The Morgan fingerprint density at radius 1 is 1.42 bits per heavy atom. The average Bonchev–Trinajstić information content (AvgIpc) is 2.93. The monoisotopic (exact) mass is 257 g/mol. The van der Waals surface area contributed by atoms with Crippen LogP contribution in [0.1, 0.15) is 32.3 Å². The van der Waals surface area contributed by atoms with Crippen LogP contribution in [0.2, 0.25) is 0 Å². The molecule has 0 saturated carbocycles. The smallest absolute Gasteiger partial charge is 0.241 e. The van der Waals surface area contributed by atoms with E-state index in [2.05, 4.69) is 16.7 Å². The molecule has 0 radical (unpaired) electrons. The average molecular weight is 257 g/mol. The van der Waals surface area contributed by atoms with Gasteiger partial charge in [-0.05, 0) is 50.9 Å². The first-order valence-electron chi connectivity index (χ1n) is 6.59. The quantitative estimate of drug-likeness (QED) is 0.872. The first kappa shape index (κ1) is 13.6. The van der Waals surface area contributed by atoms with Crippen LogP contribution < -0.4 is 10.6 Å². The van der Waals surface area contributed by atoms with E-state index in [4.69, 9.17) is 5.26 Å². The Hall–Kier alpha value is -1.86. The molecule has 4 nitrogen and oxygen atoms in total. The molecule has 1 unspecified atom stereocenters. The van der Waals surface area contributed by atoms with Gasteiger partial charge in [0, 0.05) is 5.69 Å². The molecular formula is C15H19N3O. The van der Waals surface area contributed by atoms with E-state index in [0.29, 0.717) is 0 Å². The van der Waals surface area contributed by atoms with Gasteiger partial charge < -0.3 is 10.6 Å². The number of hydrogen-bond acceptors (Lipinski definition) is 3. The van der Waals surface area contributed by atoms with Crippen LogP contribution in [0, 0.1) is 11.3 Å². The van der Waals surface area contributed by atoms with Gasteiger partial charge in [0.05, 0.1) is 17.5 Å². The molecule has 1 heterocycles. The second kappa shape index (κ2) is 5.41. The topological polar surface area (TPSA) is 64.9 Å². The fourth-order valence-electron chi connectivity index (χ4n) is 2.17. The molecule has 2 N–H and O–H groups in total. The minimum absolute atomic E-state index is 0.0183. The molecular weight excluding hydrogens is 238 g/mol. The van der Waals surface area contributed by atoms with Crippen molar-refractivity contribution in [2.24, 2.45) is 0 Å². The first-order valence-corrected chi connectivity index (χ1v) is 6.59. The van der Waals surface area contributed by atoms with Crippen LogP contribution in [0.5, 0.6) is 0 Å². The molecule has 19 heavy (non-hydrogen) atoms. The van der Waals surface area contributed by atoms with Gasteiger partial charge in [0.15, 0.2) is 0 Å². The predicted octanol–water partition coefficient (Wildman–Crippen LogP) is 2.18. The van der Waals surface area contributed by atoms with Gasteiger partial charge in [0.1, 0.15) is 0 Å². The largest absolute Gasteiger partial charge is 0.325 e. The first-order chi connectivity index (χ1) is 9.03. The lowest BCUT2D eigenvalue weighted by Gasteiger charge is -2.16. The molecule has 100 valence electrons. The van der Waals surface area contributed by atoms with Gasteiger partial charge in [0.25, 0.3) is 0 Å². The predicted molar refractivity (Wildman–Crippen MR) is 74.7 cm³/mol. The highest BCUT2D eigenvalue weighted by molar-refractivity contribution is 5.95. The molecule has 1 aromatic rings. The summed E-state index contributed by atoms with van der Waals surface area (Å²) in [6, 6.07) is 9.67. The van der Waals surface area contributed by atoms with E-state index in [0.717, 1.165) is 30.6 Å². The lowest BCUT2D eigenvalue weighted by atomic mass is 9.86. The molecule has 1 aliphatic rings. The van der Waals surface area contributed by atoms with Gasteiger partial charge >= 0.3 is 0 Å². The van der Waals surface area contributed by atoms with Crippen molar-refractivity contribution in [2.75, 3.05) is 11.9 Å². The number of rotatable bonds is 3. The standard InChI is InChI=1S/C15H19N3O/c1-15(2,10-16)11-5-7-12(8-6-11)18-14(19)13-4-3-9-17-13/h5-8,13,17H,3-4,9H2,1-2H3,(H,18,19). The summed E-state index contributed by atoms with van der Waals surface area (Å²) in [6.07, 6.45) is 1.94. The SMILES string of the molecule is CC(C)(C#N)c1ccc(NC(=O)C2CCCN2)cc1. The molecule has 1 amide bonds. The number of nitrogens with zero attached hydrogens (tertiary/aromatic N) is 1. The Labute approximate surface area is 113 Å². The number of nitrogens with one attached hydrogen (secondary N) is 2. The van der Waals surface area contributed by atoms with Gasteiger partial charge in [-0.3, -0.25) is 4.79 Å². The maximum Gasteiger partial charge on any atom is 0.241 e.